The number of Topliss-reactive ketones (excluding diaryl/α,β-unsaturated/α-hetero) is 1. The lowest BCUT2D eigenvalue weighted by Gasteiger charge is -2.09. The van der Waals surface area contributed by atoms with Gasteiger partial charge in [0.25, 0.3) is 0 Å². The molecule has 1 nitrogen and oxygen atoms in total. The molecule has 1 fully saturated rings. The van der Waals surface area contributed by atoms with E-state index in [0.717, 1.165) is 19.3 Å². The molecular weight excluding hydrogens is 203 g/mol. The van der Waals surface area contributed by atoms with Crippen molar-refractivity contribution >= 4 is 5.78 Å². The van der Waals surface area contributed by atoms with Gasteiger partial charge in [-0.3, -0.25) is 4.79 Å². The summed E-state index contributed by atoms with van der Waals surface area (Å²) >= 11 is 0. The molecule has 2 atom stereocenters. The molecule has 1 saturated carbocycles. The number of rotatable bonds is 2. The first-order chi connectivity index (χ1) is 7.58. The maximum Gasteiger partial charge on any atom is 0.165 e. The van der Waals surface area contributed by atoms with Gasteiger partial charge < -0.3 is 0 Å². The van der Waals surface area contributed by atoms with Crippen LogP contribution in [0.4, 0.5) is 4.39 Å². The Morgan fingerprint density at radius 3 is 2.69 bits per heavy atom. The Labute approximate surface area is 95.7 Å². The van der Waals surface area contributed by atoms with Gasteiger partial charge in [0.05, 0.1) is 0 Å². The molecule has 2 rings (SSSR count). The van der Waals surface area contributed by atoms with Crippen LogP contribution in [0.5, 0.6) is 0 Å². The molecule has 1 aromatic carbocycles. The van der Waals surface area contributed by atoms with Crippen molar-refractivity contribution in [3.05, 3.63) is 35.1 Å². The number of halogens is 1. The first-order valence-corrected chi connectivity index (χ1v) is 5.88. The molecule has 0 aliphatic heterocycles. The number of benzene rings is 1. The number of aryl methyl sites for hydroxylation is 1. The Balaban J connectivity index is 2.18. The van der Waals surface area contributed by atoms with Crippen LogP contribution in [0.2, 0.25) is 0 Å². The number of hydrogen-bond acceptors (Lipinski definition) is 1. The van der Waals surface area contributed by atoms with Crippen LogP contribution in [-0.4, -0.2) is 5.78 Å². The van der Waals surface area contributed by atoms with E-state index >= 15 is 0 Å². The highest BCUT2D eigenvalue weighted by molar-refractivity contribution is 5.98. The standard InChI is InChI=1S/C14H17FO/c1-9-3-4-11(7-9)14(16)12-5-6-13(15)10(2)8-12/h5-6,8-9,11H,3-4,7H2,1-2H3. The second kappa shape index (κ2) is 4.36. The molecule has 0 bridgehead atoms. The summed E-state index contributed by atoms with van der Waals surface area (Å²) in [6.45, 7) is 3.88. The Morgan fingerprint density at radius 1 is 1.38 bits per heavy atom. The van der Waals surface area contributed by atoms with Gasteiger partial charge in [0.2, 0.25) is 0 Å². The lowest BCUT2D eigenvalue weighted by molar-refractivity contribution is 0.0920. The molecule has 16 heavy (non-hydrogen) atoms. The Hall–Kier alpha value is -1.18. The largest absolute Gasteiger partial charge is 0.294 e. The third-order valence-electron chi connectivity index (χ3n) is 3.51. The molecule has 1 aliphatic rings. The molecule has 0 heterocycles. The molecule has 0 aromatic heterocycles. The number of hydrogen-bond donors (Lipinski definition) is 0. The van der Waals surface area contributed by atoms with Crippen LogP contribution in [0.15, 0.2) is 18.2 Å². The summed E-state index contributed by atoms with van der Waals surface area (Å²) in [5.74, 6) is 0.749. The summed E-state index contributed by atoms with van der Waals surface area (Å²) in [4.78, 5) is 12.1. The van der Waals surface area contributed by atoms with Crippen LogP contribution in [0, 0.1) is 24.6 Å². The molecule has 0 amide bonds. The van der Waals surface area contributed by atoms with E-state index in [1.165, 1.54) is 6.07 Å². The highest BCUT2D eigenvalue weighted by Gasteiger charge is 2.28. The van der Waals surface area contributed by atoms with Gasteiger partial charge in [0.1, 0.15) is 5.82 Å². The minimum atomic E-state index is -0.240. The van der Waals surface area contributed by atoms with Gasteiger partial charge in [0.15, 0.2) is 5.78 Å². The van der Waals surface area contributed by atoms with Crippen molar-refractivity contribution in [3.63, 3.8) is 0 Å². The van der Waals surface area contributed by atoms with Gasteiger partial charge in [-0.2, -0.15) is 0 Å². The fraction of sp³-hybridized carbons (Fsp3) is 0.500. The van der Waals surface area contributed by atoms with Crippen LogP contribution in [-0.2, 0) is 0 Å². The van der Waals surface area contributed by atoms with Gasteiger partial charge in [-0.05, 0) is 55.9 Å². The van der Waals surface area contributed by atoms with Crippen molar-refractivity contribution in [2.45, 2.75) is 33.1 Å². The molecule has 0 radical (unpaired) electrons. The predicted molar refractivity (Wildman–Crippen MR) is 62.0 cm³/mol. The first-order valence-electron chi connectivity index (χ1n) is 5.88. The summed E-state index contributed by atoms with van der Waals surface area (Å²) in [5.41, 5.74) is 1.22. The minimum Gasteiger partial charge on any atom is -0.294 e. The van der Waals surface area contributed by atoms with Crippen LogP contribution < -0.4 is 0 Å². The van der Waals surface area contributed by atoms with E-state index in [-0.39, 0.29) is 17.5 Å². The highest BCUT2D eigenvalue weighted by Crippen LogP contribution is 2.32. The van der Waals surface area contributed by atoms with Crippen LogP contribution >= 0.6 is 0 Å². The van der Waals surface area contributed by atoms with E-state index in [0.29, 0.717) is 17.0 Å². The summed E-state index contributed by atoms with van der Waals surface area (Å²) in [6.07, 6.45) is 3.10. The van der Waals surface area contributed by atoms with Crippen molar-refractivity contribution in [2.75, 3.05) is 0 Å². The molecule has 86 valence electrons. The van der Waals surface area contributed by atoms with E-state index in [4.69, 9.17) is 0 Å². The number of carbonyl (C=O) groups excluding carboxylic acids is 1. The minimum absolute atomic E-state index is 0.153. The summed E-state index contributed by atoms with van der Waals surface area (Å²) in [7, 11) is 0. The van der Waals surface area contributed by atoms with Crippen molar-refractivity contribution in [1.29, 1.82) is 0 Å². The highest BCUT2D eigenvalue weighted by atomic mass is 19.1. The average molecular weight is 220 g/mol. The van der Waals surface area contributed by atoms with Gasteiger partial charge >= 0.3 is 0 Å². The normalized spacial score (nSPS) is 24.7. The van der Waals surface area contributed by atoms with E-state index in [1.54, 1.807) is 19.1 Å². The van der Waals surface area contributed by atoms with E-state index < -0.39 is 0 Å². The van der Waals surface area contributed by atoms with E-state index in [9.17, 15) is 9.18 Å². The maximum absolute atomic E-state index is 13.1. The van der Waals surface area contributed by atoms with Gasteiger partial charge in [0, 0.05) is 11.5 Å². The molecule has 0 saturated heterocycles. The molecule has 0 spiro atoms. The van der Waals surface area contributed by atoms with E-state index in [1.807, 2.05) is 0 Å². The number of carbonyl (C=O) groups is 1. The Morgan fingerprint density at radius 2 is 2.12 bits per heavy atom. The smallest absolute Gasteiger partial charge is 0.165 e. The summed E-state index contributed by atoms with van der Waals surface area (Å²) in [6, 6.07) is 4.66. The van der Waals surface area contributed by atoms with Crippen LogP contribution in [0.3, 0.4) is 0 Å². The summed E-state index contributed by atoms with van der Waals surface area (Å²) < 4.78 is 13.1. The molecular formula is C14H17FO. The summed E-state index contributed by atoms with van der Waals surface area (Å²) in [5, 5.41) is 0. The monoisotopic (exact) mass is 220 g/mol. The third kappa shape index (κ3) is 2.16. The lowest BCUT2D eigenvalue weighted by Crippen LogP contribution is -2.11. The van der Waals surface area contributed by atoms with Crippen molar-refractivity contribution in [1.82, 2.24) is 0 Å². The van der Waals surface area contributed by atoms with Crippen molar-refractivity contribution in [2.24, 2.45) is 11.8 Å². The zero-order chi connectivity index (χ0) is 11.7. The SMILES string of the molecule is Cc1cc(C(=O)C2CCC(C)C2)ccc1F. The van der Waals surface area contributed by atoms with Crippen molar-refractivity contribution in [3.8, 4) is 0 Å². The van der Waals surface area contributed by atoms with Crippen molar-refractivity contribution < 1.29 is 9.18 Å². The molecule has 1 aliphatic carbocycles. The molecule has 2 unspecified atom stereocenters. The maximum atomic E-state index is 13.1. The van der Waals surface area contributed by atoms with Gasteiger partial charge in [-0.25, -0.2) is 4.39 Å². The van der Waals surface area contributed by atoms with Crippen LogP contribution in [0.25, 0.3) is 0 Å². The fourth-order valence-corrected chi connectivity index (χ4v) is 2.48. The van der Waals surface area contributed by atoms with Crippen LogP contribution in [0.1, 0.15) is 42.1 Å². The average Bonchev–Trinajstić information content (AvgIpc) is 2.68. The number of ketones is 1. The Bertz CT molecular complexity index is 411. The van der Waals surface area contributed by atoms with Gasteiger partial charge in [-0.1, -0.05) is 6.92 Å². The first kappa shape index (κ1) is 11.3. The quantitative estimate of drug-likeness (QED) is 0.694. The second-order valence-corrected chi connectivity index (χ2v) is 4.94. The topological polar surface area (TPSA) is 17.1 Å². The van der Waals surface area contributed by atoms with E-state index in [2.05, 4.69) is 6.92 Å². The molecule has 0 N–H and O–H groups in total. The second-order valence-electron chi connectivity index (χ2n) is 4.94. The third-order valence-corrected chi connectivity index (χ3v) is 3.51. The Kier molecular flexibility index (Phi) is 3.08. The zero-order valence-corrected chi connectivity index (χ0v) is 9.79. The lowest BCUT2D eigenvalue weighted by atomic mass is 9.94. The zero-order valence-electron chi connectivity index (χ0n) is 9.79. The predicted octanol–water partition coefficient (Wildman–Crippen LogP) is 3.75. The molecule has 1 aromatic rings. The van der Waals surface area contributed by atoms with Gasteiger partial charge in [-0.15, -0.1) is 0 Å². The molecule has 2 heteroatoms. The fourth-order valence-electron chi connectivity index (χ4n) is 2.48.